The van der Waals surface area contributed by atoms with Crippen LogP contribution in [0.3, 0.4) is 0 Å². The van der Waals surface area contributed by atoms with Crippen molar-refractivity contribution in [2.24, 2.45) is 5.92 Å². The molecule has 0 aromatic heterocycles. The Morgan fingerprint density at radius 1 is 1.18 bits per heavy atom. The van der Waals surface area contributed by atoms with Gasteiger partial charge >= 0.3 is 5.97 Å². The number of carbonyl (C=O) groups is 2. The molecule has 0 unspecified atom stereocenters. The number of unbranched alkanes of at least 4 members (excludes halogenated alkanes) is 1. The zero-order chi connectivity index (χ0) is 20.6. The number of amides is 1. The van der Waals surface area contributed by atoms with E-state index in [-0.39, 0.29) is 24.2 Å². The number of hydrogen-bond donors (Lipinski definition) is 1. The number of rotatable bonds is 9. The highest BCUT2D eigenvalue weighted by Gasteiger charge is 2.30. The van der Waals surface area contributed by atoms with Gasteiger partial charge < -0.3 is 14.8 Å². The fraction of sp³-hybridized carbons (Fsp3) is 0.579. The van der Waals surface area contributed by atoms with Crippen LogP contribution in [0, 0.1) is 5.92 Å². The molecule has 1 aliphatic heterocycles. The molecular formula is C19H28N2O6S. The second-order valence-electron chi connectivity index (χ2n) is 6.72. The Kier molecular flexibility index (Phi) is 8.25. The molecule has 0 radical (unpaired) electrons. The van der Waals surface area contributed by atoms with Crippen molar-refractivity contribution in [2.75, 3.05) is 37.9 Å². The van der Waals surface area contributed by atoms with Crippen molar-refractivity contribution in [1.82, 2.24) is 4.31 Å². The summed E-state index contributed by atoms with van der Waals surface area (Å²) in [4.78, 5) is 23.5. The summed E-state index contributed by atoms with van der Waals surface area (Å²) in [7, 11) is -1.93. The van der Waals surface area contributed by atoms with Gasteiger partial charge in [0.1, 0.15) is 5.75 Å². The molecule has 0 bridgehead atoms. The number of methoxy groups -OCH3 is 1. The standard InChI is InChI=1S/C19H28N2O6S/c1-3-4-13-28(24,25)21-11-9-15(10-12-21)19(23)20-16-5-7-17(8-6-16)27-14-18(22)26-2/h5-8,15H,3-4,9-14H2,1-2H3,(H,20,23). The number of piperidine rings is 1. The predicted octanol–water partition coefficient (Wildman–Crippen LogP) is 2.02. The van der Waals surface area contributed by atoms with Gasteiger partial charge in [0, 0.05) is 24.7 Å². The van der Waals surface area contributed by atoms with Gasteiger partial charge in [-0.15, -0.1) is 0 Å². The van der Waals surface area contributed by atoms with E-state index in [2.05, 4.69) is 10.1 Å². The molecule has 9 heteroatoms. The van der Waals surface area contributed by atoms with Crippen LogP contribution >= 0.6 is 0 Å². The third-order valence-electron chi connectivity index (χ3n) is 4.68. The first kappa shape index (κ1) is 22.2. The lowest BCUT2D eigenvalue weighted by molar-refractivity contribution is -0.142. The molecule has 1 aromatic rings. The van der Waals surface area contributed by atoms with E-state index in [9.17, 15) is 18.0 Å². The highest BCUT2D eigenvalue weighted by Crippen LogP contribution is 2.23. The van der Waals surface area contributed by atoms with Crippen molar-refractivity contribution >= 4 is 27.6 Å². The van der Waals surface area contributed by atoms with Crippen molar-refractivity contribution in [3.63, 3.8) is 0 Å². The number of esters is 1. The molecule has 1 aromatic carbocycles. The van der Waals surface area contributed by atoms with E-state index in [4.69, 9.17) is 4.74 Å². The van der Waals surface area contributed by atoms with E-state index < -0.39 is 16.0 Å². The van der Waals surface area contributed by atoms with Crippen molar-refractivity contribution in [3.05, 3.63) is 24.3 Å². The highest BCUT2D eigenvalue weighted by atomic mass is 32.2. The van der Waals surface area contributed by atoms with E-state index in [1.165, 1.54) is 11.4 Å². The number of ether oxygens (including phenoxy) is 2. The van der Waals surface area contributed by atoms with Gasteiger partial charge in [0.15, 0.2) is 6.61 Å². The average molecular weight is 413 g/mol. The maximum Gasteiger partial charge on any atom is 0.343 e. The summed E-state index contributed by atoms with van der Waals surface area (Å²) >= 11 is 0. The number of sulfonamides is 1. The monoisotopic (exact) mass is 412 g/mol. The molecule has 0 spiro atoms. The van der Waals surface area contributed by atoms with Crippen LogP contribution in [0.25, 0.3) is 0 Å². The summed E-state index contributed by atoms with van der Waals surface area (Å²) in [5.41, 5.74) is 0.619. The fourth-order valence-corrected chi connectivity index (χ4v) is 4.61. The minimum Gasteiger partial charge on any atom is -0.482 e. The summed E-state index contributed by atoms with van der Waals surface area (Å²) in [6.45, 7) is 2.54. The van der Waals surface area contributed by atoms with Gasteiger partial charge in [-0.05, 0) is 43.5 Å². The van der Waals surface area contributed by atoms with Crippen molar-refractivity contribution < 1.29 is 27.5 Å². The molecule has 0 saturated carbocycles. The number of hydrogen-bond acceptors (Lipinski definition) is 6. The van der Waals surface area contributed by atoms with E-state index in [1.807, 2.05) is 6.92 Å². The summed E-state index contributed by atoms with van der Waals surface area (Å²) in [5, 5.41) is 2.85. The molecule has 1 saturated heterocycles. The van der Waals surface area contributed by atoms with Gasteiger partial charge in [0.25, 0.3) is 0 Å². The first-order valence-electron chi connectivity index (χ1n) is 9.44. The Balaban J connectivity index is 1.81. The molecule has 1 aliphatic rings. The Hall–Kier alpha value is -2.13. The summed E-state index contributed by atoms with van der Waals surface area (Å²) < 4.78 is 35.7. The second kappa shape index (κ2) is 10.4. The fourth-order valence-electron chi connectivity index (χ4n) is 2.93. The highest BCUT2D eigenvalue weighted by molar-refractivity contribution is 7.89. The third-order valence-corrected chi connectivity index (χ3v) is 6.64. The van der Waals surface area contributed by atoms with Gasteiger partial charge in [0.2, 0.25) is 15.9 Å². The van der Waals surface area contributed by atoms with Crippen LogP contribution in [0.4, 0.5) is 5.69 Å². The van der Waals surface area contributed by atoms with Crippen molar-refractivity contribution in [2.45, 2.75) is 32.6 Å². The Morgan fingerprint density at radius 3 is 2.39 bits per heavy atom. The molecule has 2 rings (SSSR count). The van der Waals surface area contributed by atoms with Crippen LogP contribution in [0.15, 0.2) is 24.3 Å². The van der Waals surface area contributed by atoms with Crippen LogP contribution in [0.1, 0.15) is 32.6 Å². The molecule has 1 fully saturated rings. The average Bonchev–Trinajstić information content (AvgIpc) is 2.71. The van der Waals surface area contributed by atoms with Crippen LogP contribution in [-0.2, 0) is 24.3 Å². The van der Waals surface area contributed by atoms with E-state index in [0.29, 0.717) is 43.8 Å². The van der Waals surface area contributed by atoms with E-state index in [0.717, 1.165) is 6.42 Å². The first-order chi connectivity index (χ1) is 13.4. The van der Waals surface area contributed by atoms with Gasteiger partial charge in [-0.2, -0.15) is 0 Å². The second-order valence-corrected chi connectivity index (χ2v) is 8.81. The smallest absolute Gasteiger partial charge is 0.343 e. The zero-order valence-electron chi connectivity index (χ0n) is 16.3. The number of benzene rings is 1. The normalized spacial score (nSPS) is 15.8. The van der Waals surface area contributed by atoms with Crippen LogP contribution in [-0.4, -0.2) is 57.2 Å². The lowest BCUT2D eigenvalue weighted by Gasteiger charge is -2.30. The molecule has 8 nitrogen and oxygen atoms in total. The molecule has 28 heavy (non-hydrogen) atoms. The Morgan fingerprint density at radius 2 is 1.82 bits per heavy atom. The lowest BCUT2D eigenvalue weighted by Crippen LogP contribution is -2.42. The Bertz CT molecular complexity index is 755. The maximum atomic E-state index is 12.5. The molecular weight excluding hydrogens is 384 g/mol. The lowest BCUT2D eigenvalue weighted by atomic mass is 9.97. The van der Waals surface area contributed by atoms with Crippen molar-refractivity contribution in [3.8, 4) is 5.75 Å². The molecule has 1 N–H and O–H groups in total. The topological polar surface area (TPSA) is 102 Å². The van der Waals surface area contributed by atoms with Crippen LogP contribution in [0.2, 0.25) is 0 Å². The van der Waals surface area contributed by atoms with Gasteiger partial charge in [-0.25, -0.2) is 17.5 Å². The maximum absolute atomic E-state index is 12.5. The summed E-state index contributed by atoms with van der Waals surface area (Å²) in [5.74, 6) is -0.138. The van der Waals surface area contributed by atoms with Gasteiger partial charge in [-0.3, -0.25) is 4.79 Å². The number of nitrogens with zero attached hydrogens (tertiary/aromatic N) is 1. The third kappa shape index (κ3) is 6.49. The SMILES string of the molecule is CCCCS(=O)(=O)N1CCC(C(=O)Nc2ccc(OCC(=O)OC)cc2)CC1. The number of anilines is 1. The molecule has 156 valence electrons. The van der Waals surface area contributed by atoms with E-state index >= 15 is 0 Å². The first-order valence-corrected chi connectivity index (χ1v) is 11.0. The predicted molar refractivity (Wildman–Crippen MR) is 106 cm³/mol. The quantitative estimate of drug-likeness (QED) is 0.623. The zero-order valence-corrected chi connectivity index (χ0v) is 17.2. The minimum absolute atomic E-state index is 0.117. The number of carbonyl (C=O) groups excluding carboxylic acids is 2. The van der Waals surface area contributed by atoms with Gasteiger partial charge in [-0.1, -0.05) is 13.3 Å². The van der Waals surface area contributed by atoms with Gasteiger partial charge in [0.05, 0.1) is 12.9 Å². The number of nitrogens with one attached hydrogen (secondary N) is 1. The Labute approximate surface area is 166 Å². The molecule has 1 heterocycles. The summed E-state index contributed by atoms with van der Waals surface area (Å²) in [6, 6.07) is 6.69. The molecule has 1 amide bonds. The van der Waals surface area contributed by atoms with Crippen LogP contribution in [0.5, 0.6) is 5.75 Å². The van der Waals surface area contributed by atoms with E-state index in [1.54, 1.807) is 24.3 Å². The molecule has 0 atom stereocenters. The molecule has 0 aliphatic carbocycles. The summed E-state index contributed by atoms with van der Waals surface area (Å²) in [6.07, 6.45) is 2.52. The van der Waals surface area contributed by atoms with Crippen molar-refractivity contribution in [1.29, 1.82) is 0 Å². The minimum atomic E-state index is -3.22. The largest absolute Gasteiger partial charge is 0.482 e. The van der Waals surface area contributed by atoms with Crippen LogP contribution < -0.4 is 10.1 Å².